The molecule has 0 amide bonds. The van der Waals surface area contributed by atoms with Gasteiger partial charge in [0.2, 0.25) is 0 Å². The second-order valence-electron chi connectivity index (χ2n) is 0.919. The molecule has 0 saturated heterocycles. The second-order valence-corrected chi connectivity index (χ2v) is 1.17. The number of halogens is 1. The van der Waals surface area contributed by atoms with Gasteiger partial charge in [-0.2, -0.15) is 0 Å². The maximum absolute atomic E-state index is 5.16. The number of likely N-dealkylation sites (N-methyl/N-ethyl adjacent to an activating group) is 1. The zero-order chi connectivity index (χ0) is 4.83. The normalized spacial score (nSPS) is 10.3. The van der Waals surface area contributed by atoms with Crippen LogP contribution < -0.4 is 5.32 Å². The predicted octanol–water partition coefficient (Wildman–Crippen LogP) is 0.958. The van der Waals surface area contributed by atoms with Gasteiger partial charge >= 0.3 is 0 Å². The van der Waals surface area contributed by atoms with Crippen LogP contribution >= 0.6 is 11.6 Å². The van der Waals surface area contributed by atoms with Gasteiger partial charge < -0.3 is 5.32 Å². The van der Waals surface area contributed by atoms with Crippen molar-refractivity contribution in [2.75, 3.05) is 13.6 Å². The Morgan fingerprint density at radius 2 is 2.50 bits per heavy atom. The van der Waals surface area contributed by atoms with E-state index in [4.69, 9.17) is 11.6 Å². The number of nitrogens with one attached hydrogen (secondary N) is 1. The molecule has 0 radical (unpaired) electrons. The van der Waals surface area contributed by atoms with E-state index in [1.54, 1.807) is 0 Å². The molecule has 0 bridgehead atoms. The van der Waals surface area contributed by atoms with E-state index in [0.29, 0.717) is 0 Å². The minimum absolute atomic E-state index is 0.851. The number of rotatable bonds is 2. The van der Waals surface area contributed by atoms with E-state index in [0.717, 1.165) is 6.54 Å². The van der Waals surface area contributed by atoms with Crippen molar-refractivity contribution in [3.8, 4) is 0 Å². The van der Waals surface area contributed by atoms with Crippen LogP contribution in [0.2, 0.25) is 0 Å². The first kappa shape index (κ1) is 5.99. The predicted molar refractivity (Wildman–Crippen MR) is 28.9 cm³/mol. The molecule has 0 aliphatic rings. The standard InChI is InChI=1S/C4H8ClN/c1-6-4-2-3-5/h2-3,6H,4H2,1H3/b3-2-. The fourth-order valence-electron chi connectivity index (χ4n) is 0.162. The second kappa shape index (κ2) is 4.99. The molecule has 0 unspecified atom stereocenters. The van der Waals surface area contributed by atoms with Crippen LogP contribution in [-0.4, -0.2) is 13.6 Å². The Morgan fingerprint density at radius 1 is 1.83 bits per heavy atom. The lowest BCUT2D eigenvalue weighted by Crippen LogP contribution is -2.03. The topological polar surface area (TPSA) is 12.0 Å². The van der Waals surface area contributed by atoms with Crippen molar-refractivity contribution < 1.29 is 0 Å². The van der Waals surface area contributed by atoms with E-state index < -0.39 is 0 Å². The fraction of sp³-hybridized carbons (Fsp3) is 0.500. The lowest BCUT2D eigenvalue weighted by molar-refractivity contribution is 0.921. The van der Waals surface area contributed by atoms with Crippen LogP contribution in [0.3, 0.4) is 0 Å². The fourth-order valence-corrected chi connectivity index (χ4v) is 0.251. The molecule has 0 spiro atoms. The highest BCUT2D eigenvalue weighted by Crippen LogP contribution is 1.72. The SMILES string of the molecule is CNC/C=C\Cl. The molecule has 0 fully saturated rings. The number of hydrogen-bond acceptors (Lipinski definition) is 1. The Kier molecular flexibility index (Phi) is 4.98. The Balaban J connectivity index is 2.66. The Labute approximate surface area is 43.0 Å². The van der Waals surface area contributed by atoms with Crippen LogP contribution in [0, 0.1) is 0 Å². The maximum atomic E-state index is 5.16. The van der Waals surface area contributed by atoms with Crippen molar-refractivity contribution in [3.05, 3.63) is 11.6 Å². The van der Waals surface area contributed by atoms with E-state index in [9.17, 15) is 0 Å². The third kappa shape index (κ3) is 3.99. The van der Waals surface area contributed by atoms with Crippen molar-refractivity contribution in [2.45, 2.75) is 0 Å². The molecule has 0 aliphatic carbocycles. The van der Waals surface area contributed by atoms with Gasteiger partial charge in [0.25, 0.3) is 0 Å². The molecular formula is C4H8ClN. The summed E-state index contributed by atoms with van der Waals surface area (Å²) in [6.45, 7) is 0.851. The summed E-state index contributed by atoms with van der Waals surface area (Å²) in [5.41, 5.74) is 1.50. The Bertz CT molecular complexity index is 42.8. The first-order valence-corrected chi connectivity index (χ1v) is 2.25. The number of hydrogen-bond donors (Lipinski definition) is 1. The average molecular weight is 106 g/mol. The van der Waals surface area contributed by atoms with E-state index in [1.165, 1.54) is 5.54 Å². The van der Waals surface area contributed by atoms with Crippen LogP contribution in [0.15, 0.2) is 11.6 Å². The van der Waals surface area contributed by atoms with Crippen molar-refractivity contribution >= 4 is 11.6 Å². The van der Waals surface area contributed by atoms with E-state index in [1.807, 2.05) is 13.1 Å². The molecule has 1 N–H and O–H groups in total. The summed E-state index contributed by atoms with van der Waals surface area (Å²) < 4.78 is 0. The minimum atomic E-state index is 0.851. The third-order valence-corrected chi connectivity index (χ3v) is 0.589. The summed E-state index contributed by atoms with van der Waals surface area (Å²) >= 11 is 5.16. The van der Waals surface area contributed by atoms with Gasteiger partial charge in [-0.3, -0.25) is 0 Å². The summed E-state index contributed by atoms with van der Waals surface area (Å²) in [4.78, 5) is 0. The zero-order valence-electron chi connectivity index (χ0n) is 3.74. The largest absolute Gasteiger partial charge is 0.316 e. The van der Waals surface area contributed by atoms with E-state index in [-0.39, 0.29) is 0 Å². The summed E-state index contributed by atoms with van der Waals surface area (Å²) in [5.74, 6) is 0. The van der Waals surface area contributed by atoms with Crippen LogP contribution in [0.25, 0.3) is 0 Å². The third-order valence-electron chi connectivity index (χ3n) is 0.411. The lowest BCUT2D eigenvalue weighted by Gasteiger charge is -1.81. The molecule has 0 atom stereocenters. The van der Waals surface area contributed by atoms with Crippen molar-refractivity contribution in [1.82, 2.24) is 5.32 Å². The summed E-state index contributed by atoms with van der Waals surface area (Å²) in [6, 6.07) is 0. The molecule has 0 aromatic carbocycles. The molecule has 0 rings (SSSR count). The molecule has 0 aromatic rings. The Morgan fingerprint density at radius 3 is 2.67 bits per heavy atom. The molecule has 6 heavy (non-hydrogen) atoms. The van der Waals surface area contributed by atoms with Gasteiger partial charge in [0.1, 0.15) is 0 Å². The van der Waals surface area contributed by atoms with Crippen molar-refractivity contribution in [3.63, 3.8) is 0 Å². The average Bonchev–Trinajstić information content (AvgIpc) is 1.61. The van der Waals surface area contributed by atoms with Gasteiger partial charge in [0.15, 0.2) is 0 Å². The van der Waals surface area contributed by atoms with Gasteiger partial charge in [-0.25, -0.2) is 0 Å². The summed E-state index contributed by atoms with van der Waals surface area (Å²) in [7, 11) is 1.87. The van der Waals surface area contributed by atoms with Crippen LogP contribution in [-0.2, 0) is 0 Å². The summed E-state index contributed by atoms with van der Waals surface area (Å²) in [6.07, 6.45) is 1.83. The summed E-state index contributed by atoms with van der Waals surface area (Å²) in [5, 5.41) is 2.90. The minimum Gasteiger partial charge on any atom is -0.316 e. The molecule has 0 aliphatic heterocycles. The molecular weight excluding hydrogens is 97.5 g/mol. The van der Waals surface area contributed by atoms with Crippen molar-refractivity contribution in [2.24, 2.45) is 0 Å². The highest BCUT2D eigenvalue weighted by atomic mass is 35.5. The molecule has 0 heterocycles. The zero-order valence-corrected chi connectivity index (χ0v) is 4.50. The molecule has 0 saturated carbocycles. The highest BCUT2D eigenvalue weighted by molar-refractivity contribution is 6.25. The quantitative estimate of drug-likeness (QED) is 0.552. The van der Waals surface area contributed by atoms with E-state index >= 15 is 0 Å². The van der Waals surface area contributed by atoms with Gasteiger partial charge in [-0.15, -0.1) is 0 Å². The smallest absolute Gasteiger partial charge is 0.0143 e. The first-order valence-electron chi connectivity index (χ1n) is 1.81. The molecule has 2 heteroatoms. The van der Waals surface area contributed by atoms with Gasteiger partial charge in [-0.05, 0) is 7.05 Å². The molecule has 0 aromatic heterocycles. The maximum Gasteiger partial charge on any atom is 0.0143 e. The van der Waals surface area contributed by atoms with Crippen LogP contribution in [0.5, 0.6) is 0 Å². The van der Waals surface area contributed by atoms with Crippen LogP contribution in [0.1, 0.15) is 0 Å². The van der Waals surface area contributed by atoms with E-state index in [2.05, 4.69) is 5.32 Å². The molecule has 36 valence electrons. The van der Waals surface area contributed by atoms with Gasteiger partial charge in [-0.1, -0.05) is 17.7 Å². The van der Waals surface area contributed by atoms with Crippen LogP contribution in [0.4, 0.5) is 0 Å². The highest BCUT2D eigenvalue weighted by Gasteiger charge is 1.62. The van der Waals surface area contributed by atoms with Crippen molar-refractivity contribution in [1.29, 1.82) is 0 Å². The van der Waals surface area contributed by atoms with Gasteiger partial charge in [0, 0.05) is 12.1 Å². The Hall–Kier alpha value is -0.0100. The van der Waals surface area contributed by atoms with Gasteiger partial charge in [0.05, 0.1) is 0 Å². The lowest BCUT2D eigenvalue weighted by atomic mass is 10.6. The monoisotopic (exact) mass is 105 g/mol. The molecule has 1 nitrogen and oxygen atoms in total. The first-order chi connectivity index (χ1) is 2.91.